The molecule has 0 fully saturated rings. The Morgan fingerprint density at radius 3 is 1.39 bits per heavy atom. The molecule has 0 atom stereocenters. The van der Waals surface area contributed by atoms with Crippen molar-refractivity contribution in [3.8, 4) is 0 Å². The molecule has 170 valence electrons. The van der Waals surface area contributed by atoms with Crippen LogP contribution < -0.4 is 0 Å². The highest BCUT2D eigenvalue weighted by atomic mass is 14.2. The first-order valence-electron chi connectivity index (χ1n) is 12.5. The van der Waals surface area contributed by atoms with E-state index < -0.39 is 0 Å². The fourth-order valence-electron chi connectivity index (χ4n) is 3.00. The van der Waals surface area contributed by atoms with Crippen molar-refractivity contribution in [2.24, 2.45) is 5.92 Å². The summed E-state index contributed by atoms with van der Waals surface area (Å²) in [6, 6.07) is 0. The van der Waals surface area contributed by atoms with Gasteiger partial charge in [0.15, 0.2) is 0 Å². The summed E-state index contributed by atoms with van der Waals surface area (Å²) in [6.07, 6.45) is 17.6. The van der Waals surface area contributed by atoms with E-state index in [2.05, 4.69) is 67.2 Å². The Kier molecular flexibility index (Phi) is 38.3. The van der Waals surface area contributed by atoms with Crippen LogP contribution in [0.2, 0.25) is 0 Å². The van der Waals surface area contributed by atoms with Gasteiger partial charge >= 0.3 is 0 Å². The minimum atomic E-state index is 0.698. The van der Waals surface area contributed by atoms with Crippen molar-refractivity contribution >= 4 is 0 Å². The minimum Gasteiger partial charge on any atom is -0.0988 e. The van der Waals surface area contributed by atoms with E-state index in [9.17, 15) is 0 Å². The van der Waals surface area contributed by atoms with E-state index in [0.717, 1.165) is 6.42 Å². The van der Waals surface area contributed by atoms with Crippen LogP contribution in [0.1, 0.15) is 140 Å². The summed E-state index contributed by atoms with van der Waals surface area (Å²) < 4.78 is 0. The fourth-order valence-corrected chi connectivity index (χ4v) is 3.00. The first-order chi connectivity index (χ1) is 13.5. The summed E-state index contributed by atoms with van der Waals surface area (Å²) in [7, 11) is 0. The predicted molar refractivity (Wildman–Crippen MR) is 137 cm³/mol. The lowest BCUT2D eigenvalue weighted by Gasteiger charge is -2.17. The SMILES string of the molecule is C=C/C(=C\C(CC)=C(C)C)C(CCC)CCC.CC.CC.CCCCCCC. The second kappa shape index (κ2) is 30.9. The van der Waals surface area contributed by atoms with Gasteiger partial charge in [-0.15, -0.1) is 0 Å². The molecule has 0 bridgehead atoms. The van der Waals surface area contributed by atoms with Crippen molar-refractivity contribution in [3.05, 3.63) is 35.5 Å². The maximum absolute atomic E-state index is 4.00. The molecule has 0 amide bonds. The van der Waals surface area contributed by atoms with Crippen molar-refractivity contribution in [3.63, 3.8) is 0 Å². The van der Waals surface area contributed by atoms with Crippen LogP contribution in [0, 0.1) is 5.92 Å². The highest BCUT2D eigenvalue weighted by molar-refractivity contribution is 5.33. The van der Waals surface area contributed by atoms with Gasteiger partial charge in [0.1, 0.15) is 0 Å². The van der Waals surface area contributed by atoms with Gasteiger partial charge in [-0.05, 0) is 50.2 Å². The predicted octanol–water partition coefficient (Wildman–Crippen LogP) is 11.1. The van der Waals surface area contributed by atoms with Gasteiger partial charge in [-0.2, -0.15) is 0 Å². The molecule has 0 aromatic carbocycles. The third-order valence-corrected chi connectivity index (χ3v) is 4.55. The second-order valence-electron chi connectivity index (χ2n) is 7.06. The highest BCUT2D eigenvalue weighted by Gasteiger charge is 2.10. The Morgan fingerprint density at radius 2 is 1.14 bits per heavy atom. The topological polar surface area (TPSA) is 0 Å². The first-order valence-corrected chi connectivity index (χ1v) is 12.5. The monoisotopic (exact) mass is 394 g/mol. The second-order valence-corrected chi connectivity index (χ2v) is 7.06. The molecular formula is C28H58. The van der Waals surface area contributed by atoms with Crippen molar-refractivity contribution < 1.29 is 0 Å². The summed E-state index contributed by atoms with van der Waals surface area (Å²) >= 11 is 0. The summed E-state index contributed by atoms with van der Waals surface area (Å²) in [5.74, 6) is 0.698. The summed E-state index contributed by atoms with van der Waals surface area (Å²) in [4.78, 5) is 0. The molecule has 0 rings (SSSR count). The summed E-state index contributed by atoms with van der Waals surface area (Å²) in [5.41, 5.74) is 4.34. The molecule has 0 N–H and O–H groups in total. The Bertz CT molecular complexity index is 329. The van der Waals surface area contributed by atoms with Crippen molar-refractivity contribution in [1.82, 2.24) is 0 Å². The van der Waals surface area contributed by atoms with Crippen LogP contribution >= 0.6 is 0 Å². The van der Waals surface area contributed by atoms with Crippen LogP contribution in [-0.2, 0) is 0 Å². The molecule has 0 unspecified atom stereocenters. The van der Waals surface area contributed by atoms with Crippen LogP contribution in [0.25, 0.3) is 0 Å². The molecule has 0 aliphatic rings. The Hall–Kier alpha value is -0.780. The third kappa shape index (κ3) is 23.3. The Labute approximate surface area is 182 Å². The van der Waals surface area contributed by atoms with Gasteiger partial charge in [-0.3, -0.25) is 0 Å². The normalized spacial score (nSPS) is 9.93. The molecular weight excluding hydrogens is 336 g/mol. The van der Waals surface area contributed by atoms with Crippen LogP contribution in [0.15, 0.2) is 35.5 Å². The Balaban J connectivity index is -0.000000218. The van der Waals surface area contributed by atoms with Crippen molar-refractivity contribution in [2.75, 3.05) is 0 Å². The van der Waals surface area contributed by atoms with E-state index in [1.807, 2.05) is 27.7 Å². The van der Waals surface area contributed by atoms with Crippen LogP contribution in [0.5, 0.6) is 0 Å². The quantitative estimate of drug-likeness (QED) is 0.228. The Morgan fingerprint density at radius 1 is 0.714 bits per heavy atom. The molecule has 0 heterocycles. The molecule has 0 radical (unpaired) electrons. The maximum Gasteiger partial charge on any atom is -0.0162 e. The highest BCUT2D eigenvalue weighted by Crippen LogP contribution is 2.26. The van der Waals surface area contributed by atoms with Gasteiger partial charge in [0.25, 0.3) is 0 Å². The molecule has 0 saturated heterocycles. The number of allylic oxidation sites excluding steroid dienone is 5. The van der Waals surface area contributed by atoms with E-state index in [0.29, 0.717) is 5.92 Å². The van der Waals surface area contributed by atoms with E-state index >= 15 is 0 Å². The van der Waals surface area contributed by atoms with Gasteiger partial charge in [0.2, 0.25) is 0 Å². The summed E-state index contributed by atoms with van der Waals surface area (Å²) in [5, 5.41) is 0. The van der Waals surface area contributed by atoms with Crippen LogP contribution in [-0.4, -0.2) is 0 Å². The van der Waals surface area contributed by atoms with Crippen LogP contribution in [0.3, 0.4) is 0 Å². The number of rotatable bonds is 12. The molecule has 0 aliphatic heterocycles. The van der Waals surface area contributed by atoms with Crippen LogP contribution in [0.4, 0.5) is 0 Å². The largest absolute Gasteiger partial charge is 0.0988 e. The number of unbranched alkanes of at least 4 members (excludes halogenated alkanes) is 4. The van der Waals surface area contributed by atoms with E-state index in [1.54, 1.807) is 0 Å². The molecule has 0 nitrogen and oxygen atoms in total. The molecule has 0 aromatic rings. The van der Waals surface area contributed by atoms with E-state index in [1.165, 1.54) is 74.5 Å². The first kappa shape index (κ1) is 34.7. The molecule has 28 heavy (non-hydrogen) atoms. The van der Waals surface area contributed by atoms with Gasteiger partial charge in [-0.25, -0.2) is 0 Å². The zero-order valence-electron chi connectivity index (χ0n) is 22.0. The smallest absolute Gasteiger partial charge is 0.0162 e. The van der Waals surface area contributed by atoms with E-state index in [4.69, 9.17) is 0 Å². The molecule has 0 heteroatoms. The fraction of sp³-hybridized carbons (Fsp3) is 0.786. The van der Waals surface area contributed by atoms with Gasteiger partial charge in [0.05, 0.1) is 0 Å². The lowest BCUT2D eigenvalue weighted by atomic mass is 9.88. The third-order valence-electron chi connectivity index (χ3n) is 4.55. The average Bonchev–Trinajstić information content (AvgIpc) is 2.72. The zero-order valence-corrected chi connectivity index (χ0v) is 22.0. The number of hydrogen-bond donors (Lipinski definition) is 0. The molecule has 0 spiro atoms. The van der Waals surface area contributed by atoms with Gasteiger partial charge in [0, 0.05) is 0 Å². The zero-order chi connectivity index (χ0) is 22.8. The number of hydrogen-bond acceptors (Lipinski definition) is 0. The van der Waals surface area contributed by atoms with Crippen molar-refractivity contribution in [2.45, 2.75) is 140 Å². The van der Waals surface area contributed by atoms with Gasteiger partial charge < -0.3 is 0 Å². The van der Waals surface area contributed by atoms with E-state index in [-0.39, 0.29) is 0 Å². The maximum atomic E-state index is 4.00. The average molecular weight is 395 g/mol. The van der Waals surface area contributed by atoms with Gasteiger partial charge in [-0.1, -0.05) is 132 Å². The van der Waals surface area contributed by atoms with Crippen molar-refractivity contribution in [1.29, 1.82) is 0 Å². The molecule has 0 saturated carbocycles. The lowest BCUT2D eigenvalue weighted by Crippen LogP contribution is -2.03. The lowest BCUT2D eigenvalue weighted by molar-refractivity contribution is 0.512. The molecule has 0 aromatic heterocycles. The summed E-state index contributed by atoms with van der Waals surface area (Å²) in [6.45, 7) is 27.7. The molecule has 0 aliphatic carbocycles. The minimum absolute atomic E-state index is 0.698. The standard InChI is InChI=1S/C17H30.C7H16.2C2H6/c1-7-11-17(12-8-2)16(10-4)13-15(9-3)14(5)6;1-3-5-7-6-4-2;2*1-2/h10,13,17H,4,7-9,11-12H2,1-3,5-6H3;3-7H2,1-2H3;2*1-2H3/b16-13+;;;.